The van der Waals surface area contributed by atoms with E-state index in [-0.39, 0.29) is 5.97 Å². The van der Waals surface area contributed by atoms with Gasteiger partial charge in [0.1, 0.15) is 0 Å². The van der Waals surface area contributed by atoms with Crippen LogP contribution >= 0.6 is 0 Å². The van der Waals surface area contributed by atoms with Gasteiger partial charge in [-0.1, -0.05) is 64.4 Å². The maximum Gasteiger partial charge on any atom is 0.305 e. The van der Waals surface area contributed by atoms with Gasteiger partial charge in [-0.2, -0.15) is 0 Å². The second kappa shape index (κ2) is 16.3. The van der Waals surface area contributed by atoms with E-state index in [2.05, 4.69) is 13.5 Å². The van der Waals surface area contributed by atoms with Gasteiger partial charge in [-0.25, -0.2) is 0 Å². The lowest BCUT2D eigenvalue weighted by Gasteiger charge is -2.05. The van der Waals surface area contributed by atoms with Crippen molar-refractivity contribution in [1.29, 1.82) is 0 Å². The number of esters is 1. The molecule has 0 rings (SSSR count). The molecule has 0 fully saturated rings. The van der Waals surface area contributed by atoms with Crippen LogP contribution in [0.5, 0.6) is 0 Å². The van der Waals surface area contributed by atoms with Crippen molar-refractivity contribution in [3.05, 3.63) is 12.7 Å². The van der Waals surface area contributed by atoms with Gasteiger partial charge >= 0.3 is 5.97 Å². The Kier molecular flexibility index (Phi) is 15.6. The van der Waals surface area contributed by atoms with E-state index in [4.69, 9.17) is 4.74 Å². The zero-order chi connectivity index (χ0) is 14.9. The van der Waals surface area contributed by atoms with Crippen LogP contribution in [0.25, 0.3) is 0 Å². The zero-order valence-electron chi connectivity index (χ0n) is 13.5. The van der Waals surface area contributed by atoms with Gasteiger partial charge in [-0.05, 0) is 25.7 Å². The van der Waals surface area contributed by atoms with Gasteiger partial charge in [-0.3, -0.25) is 4.79 Å². The van der Waals surface area contributed by atoms with Crippen LogP contribution in [0.4, 0.5) is 0 Å². The summed E-state index contributed by atoms with van der Waals surface area (Å²) < 4.78 is 5.24. The lowest BCUT2D eigenvalue weighted by atomic mass is 10.1. The van der Waals surface area contributed by atoms with Crippen molar-refractivity contribution in [2.75, 3.05) is 6.61 Å². The molecular formula is C18H34O2. The molecule has 20 heavy (non-hydrogen) atoms. The summed E-state index contributed by atoms with van der Waals surface area (Å²) in [6.45, 7) is 6.55. The summed E-state index contributed by atoms with van der Waals surface area (Å²) in [6, 6.07) is 0. The van der Waals surface area contributed by atoms with E-state index in [1.807, 2.05) is 6.08 Å². The minimum atomic E-state index is -0.00958. The zero-order valence-corrected chi connectivity index (χ0v) is 13.5. The van der Waals surface area contributed by atoms with Crippen LogP contribution in [0, 0.1) is 0 Å². The van der Waals surface area contributed by atoms with E-state index >= 15 is 0 Å². The van der Waals surface area contributed by atoms with Crippen LogP contribution in [-0.4, -0.2) is 12.6 Å². The van der Waals surface area contributed by atoms with Crippen LogP contribution in [-0.2, 0) is 9.53 Å². The number of carbonyl (C=O) groups is 1. The highest BCUT2D eigenvalue weighted by Gasteiger charge is 2.02. The van der Waals surface area contributed by atoms with Crippen molar-refractivity contribution in [3.63, 3.8) is 0 Å². The van der Waals surface area contributed by atoms with Gasteiger partial charge < -0.3 is 4.74 Å². The highest BCUT2D eigenvalue weighted by Crippen LogP contribution is 2.09. The summed E-state index contributed by atoms with van der Waals surface area (Å²) in [4.78, 5) is 11.5. The Morgan fingerprint density at radius 3 is 2.20 bits per heavy atom. The fourth-order valence-corrected chi connectivity index (χ4v) is 2.23. The summed E-state index contributed by atoms with van der Waals surface area (Å²) in [5.74, 6) is -0.00958. The van der Waals surface area contributed by atoms with Crippen LogP contribution in [0.15, 0.2) is 12.7 Å². The Morgan fingerprint density at radius 1 is 0.900 bits per heavy atom. The van der Waals surface area contributed by atoms with Crippen molar-refractivity contribution >= 4 is 5.97 Å². The van der Waals surface area contributed by atoms with Crippen LogP contribution in [0.2, 0.25) is 0 Å². The first-order chi connectivity index (χ1) is 9.81. The summed E-state index contributed by atoms with van der Waals surface area (Å²) in [6.07, 6.45) is 16.9. The van der Waals surface area contributed by atoms with Crippen LogP contribution < -0.4 is 0 Å². The predicted molar refractivity (Wildman–Crippen MR) is 86.9 cm³/mol. The molecular weight excluding hydrogens is 248 g/mol. The van der Waals surface area contributed by atoms with Gasteiger partial charge in [0.25, 0.3) is 0 Å². The normalized spacial score (nSPS) is 10.4. The number of rotatable bonds is 15. The van der Waals surface area contributed by atoms with Crippen LogP contribution in [0.3, 0.4) is 0 Å². The van der Waals surface area contributed by atoms with Crippen molar-refractivity contribution < 1.29 is 9.53 Å². The van der Waals surface area contributed by atoms with Gasteiger partial charge in [0.05, 0.1) is 6.61 Å². The van der Waals surface area contributed by atoms with Gasteiger partial charge in [-0.15, -0.1) is 6.58 Å². The molecule has 0 aromatic heterocycles. The SMILES string of the molecule is C=CCCCCCCCC(=O)OCCCCCCCC. The van der Waals surface area contributed by atoms with Gasteiger partial charge in [0.2, 0.25) is 0 Å². The molecule has 0 unspecified atom stereocenters. The van der Waals surface area contributed by atoms with Gasteiger partial charge in [0.15, 0.2) is 0 Å². The molecule has 0 N–H and O–H groups in total. The minimum absolute atomic E-state index is 0.00958. The molecule has 0 spiro atoms. The third-order valence-electron chi connectivity index (χ3n) is 3.55. The van der Waals surface area contributed by atoms with E-state index < -0.39 is 0 Å². The Balaban J connectivity index is 3.14. The number of hydrogen-bond acceptors (Lipinski definition) is 2. The van der Waals surface area contributed by atoms with E-state index in [9.17, 15) is 4.79 Å². The fraction of sp³-hybridized carbons (Fsp3) is 0.833. The summed E-state index contributed by atoms with van der Waals surface area (Å²) in [7, 11) is 0. The monoisotopic (exact) mass is 282 g/mol. The first-order valence-corrected chi connectivity index (χ1v) is 8.57. The molecule has 0 heterocycles. The third kappa shape index (κ3) is 15.3. The Bertz CT molecular complexity index is 223. The molecule has 0 saturated heterocycles. The van der Waals surface area contributed by atoms with Crippen molar-refractivity contribution in [1.82, 2.24) is 0 Å². The average molecular weight is 282 g/mol. The molecule has 0 aliphatic carbocycles. The first-order valence-electron chi connectivity index (χ1n) is 8.57. The number of unbranched alkanes of at least 4 members (excludes halogenated alkanes) is 10. The summed E-state index contributed by atoms with van der Waals surface area (Å²) >= 11 is 0. The van der Waals surface area contributed by atoms with Crippen molar-refractivity contribution in [2.24, 2.45) is 0 Å². The Hall–Kier alpha value is -0.790. The molecule has 2 nitrogen and oxygen atoms in total. The maximum atomic E-state index is 11.5. The number of hydrogen-bond donors (Lipinski definition) is 0. The lowest BCUT2D eigenvalue weighted by molar-refractivity contribution is -0.143. The molecule has 2 heteroatoms. The topological polar surface area (TPSA) is 26.3 Å². The molecule has 0 aliphatic heterocycles. The lowest BCUT2D eigenvalue weighted by Crippen LogP contribution is -2.05. The Labute approximate surface area is 126 Å². The van der Waals surface area contributed by atoms with Crippen molar-refractivity contribution in [3.8, 4) is 0 Å². The van der Waals surface area contributed by atoms with E-state index in [0.717, 1.165) is 25.7 Å². The highest BCUT2D eigenvalue weighted by atomic mass is 16.5. The van der Waals surface area contributed by atoms with Crippen molar-refractivity contribution in [2.45, 2.75) is 90.4 Å². The maximum absolute atomic E-state index is 11.5. The van der Waals surface area contributed by atoms with E-state index in [0.29, 0.717) is 13.0 Å². The smallest absolute Gasteiger partial charge is 0.305 e. The molecule has 0 aromatic rings. The number of allylic oxidation sites excluding steroid dienone is 1. The fourth-order valence-electron chi connectivity index (χ4n) is 2.23. The summed E-state index contributed by atoms with van der Waals surface area (Å²) in [5.41, 5.74) is 0. The van der Waals surface area contributed by atoms with Crippen LogP contribution in [0.1, 0.15) is 90.4 Å². The molecule has 0 amide bonds. The number of ether oxygens (including phenoxy) is 1. The average Bonchev–Trinajstić information content (AvgIpc) is 2.45. The predicted octanol–water partition coefficient (Wildman–Crippen LogP) is 5.81. The quantitative estimate of drug-likeness (QED) is 0.215. The molecule has 0 saturated carbocycles. The number of carbonyl (C=O) groups excluding carboxylic acids is 1. The molecule has 0 radical (unpaired) electrons. The van der Waals surface area contributed by atoms with E-state index in [1.54, 1.807) is 0 Å². The highest BCUT2D eigenvalue weighted by molar-refractivity contribution is 5.69. The Morgan fingerprint density at radius 2 is 1.50 bits per heavy atom. The molecule has 0 aromatic carbocycles. The standard InChI is InChI=1S/C18H34O2/c1-3-5-7-9-11-12-14-16-18(19)20-17-15-13-10-8-6-4-2/h3H,1,4-17H2,2H3. The summed E-state index contributed by atoms with van der Waals surface area (Å²) in [5, 5.41) is 0. The third-order valence-corrected chi connectivity index (χ3v) is 3.55. The minimum Gasteiger partial charge on any atom is -0.466 e. The molecule has 118 valence electrons. The first kappa shape index (κ1) is 19.2. The largest absolute Gasteiger partial charge is 0.466 e. The van der Waals surface area contributed by atoms with Gasteiger partial charge in [0, 0.05) is 6.42 Å². The molecule has 0 atom stereocenters. The second-order valence-electron chi connectivity index (χ2n) is 5.58. The van der Waals surface area contributed by atoms with E-state index in [1.165, 1.54) is 51.4 Å². The molecule has 0 bridgehead atoms. The second-order valence-corrected chi connectivity index (χ2v) is 5.58. The molecule has 0 aliphatic rings.